The molecular weight excluding hydrogens is 679 g/mol. The van der Waals surface area contributed by atoms with E-state index in [0.29, 0.717) is 6.54 Å². The Labute approximate surface area is 330 Å². The minimum Gasteiger partial charge on any atom is -0.387 e. The molecule has 0 fully saturated rings. The summed E-state index contributed by atoms with van der Waals surface area (Å²) in [6.45, 7) is 6.62. The molecule has 1 aliphatic rings. The molecule has 3 heteroatoms. The second-order valence-corrected chi connectivity index (χ2v) is 13.3. The second kappa shape index (κ2) is 18.7. The molecule has 5 aromatic carbocycles. The van der Waals surface area contributed by atoms with E-state index in [2.05, 4.69) is 187 Å². The number of para-hydroxylation sites is 2. The van der Waals surface area contributed by atoms with Crippen LogP contribution in [-0.2, 0) is 0 Å². The number of nitrogens with zero attached hydrogens (tertiary/aromatic N) is 2. The van der Waals surface area contributed by atoms with Gasteiger partial charge in [-0.3, -0.25) is 4.99 Å². The van der Waals surface area contributed by atoms with Crippen LogP contribution >= 0.6 is 0 Å². The molecule has 7 rings (SSSR count). The lowest BCUT2D eigenvalue weighted by molar-refractivity contribution is 0.985. The van der Waals surface area contributed by atoms with Crippen molar-refractivity contribution < 1.29 is 0 Å². The van der Waals surface area contributed by atoms with Crippen molar-refractivity contribution in [2.24, 2.45) is 4.99 Å². The third kappa shape index (κ3) is 9.10. The van der Waals surface area contributed by atoms with Crippen LogP contribution in [0.15, 0.2) is 242 Å². The highest BCUT2D eigenvalue weighted by Crippen LogP contribution is 2.34. The van der Waals surface area contributed by atoms with Crippen LogP contribution in [0.1, 0.15) is 18.1 Å². The zero-order chi connectivity index (χ0) is 38.4. The summed E-state index contributed by atoms with van der Waals surface area (Å²) in [5, 5.41) is 5.77. The lowest BCUT2D eigenvalue weighted by Gasteiger charge is -2.11. The van der Waals surface area contributed by atoms with Gasteiger partial charge in [0, 0.05) is 34.8 Å². The summed E-state index contributed by atoms with van der Waals surface area (Å²) in [4.78, 5) is 5.08. The van der Waals surface area contributed by atoms with Crippen molar-refractivity contribution in [2.45, 2.75) is 6.92 Å². The number of benzene rings is 5. The van der Waals surface area contributed by atoms with Gasteiger partial charge >= 0.3 is 0 Å². The number of aliphatic imine (C=N–C) groups is 1. The fourth-order valence-corrected chi connectivity index (χ4v) is 6.75. The minimum atomic E-state index is 0.713. The summed E-state index contributed by atoms with van der Waals surface area (Å²) >= 11 is 0. The molecule has 2 heterocycles. The van der Waals surface area contributed by atoms with E-state index in [1.807, 2.05) is 54.9 Å². The van der Waals surface area contributed by atoms with Crippen molar-refractivity contribution in [2.75, 3.05) is 6.54 Å². The molecule has 0 aliphatic carbocycles. The Balaban J connectivity index is 1.35. The van der Waals surface area contributed by atoms with Crippen molar-refractivity contribution in [3.63, 3.8) is 0 Å². The van der Waals surface area contributed by atoms with Crippen LogP contribution in [0.5, 0.6) is 0 Å². The molecule has 0 amide bonds. The maximum Gasteiger partial charge on any atom is 0.0704 e. The summed E-state index contributed by atoms with van der Waals surface area (Å²) in [7, 11) is 0. The molecule has 1 aliphatic heterocycles. The normalized spacial score (nSPS) is 17.9. The molecule has 1 N–H and O–H groups in total. The van der Waals surface area contributed by atoms with E-state index in [4.69, 9.17) is 4.99 Å². The van der Waals surface area contributed by atoms with Crippen LogP contribution in [0.2, 0.25) is 0 Å². The van der Waals surface area contributed by atoms with Gasteiger partial charge in [0.15, 0.2) is 0 Å². The van der Waals surface area contributed by atoms with E-state index >= 15 is 0 Å². The van der Waals surface area contributed by atoms with Crippen LogP contribution in [0.25, 0.3) is 49.8 Å². The molecule has 56 heavy (non-hydrogen) atoms. The van der Waals surface area contributed by atoms with Crippen molar-refractivity contribution in [1.82, 2.24) is 9.88 Å². The highest BCUT2D eigenvalue weighted by molar-refractivity contribution is 6.15. The van der Waals surface area contributed by atoms with E-state index < -0.39 is 0 Å². The van der Waals surface area contributed by atoms with Crippen molar-refractivity contribution in [1.29, 1.82) is 0 Å². The van der Waals surface area contributed by atoms with Crippen molar-refractivity contribution >= 4 is 38.7 Å². The van der Waals surface area contributed by atoms with Gasteiger partial charge in [0.25, 0.3) is 0 Å². The van der Waals surface area contributed by atoms with Gasteiger partial charge in [0.1, 0.15) is 0 Å². The quantitative estimate of drug-likeness (QED) is 0.111. The Morgan fingerprint density at radius 2 is 1.38 bits per heavy atom. The molecule has 6 aromatic rings. The number of hydrogen-bond donors (Lipinski definition) is 1. The van der Waals surface area contributed by atoms with Gasteiger partial charge in [-0.2, -0.15) is 0 Å². The fraction of sp³-hybridized carbons (Fsp3) is 0.0377. The van der Waals surface area contributed by atoms with Gasteiger partial charge in [-0.25, -0.2) is 0 Å². The molecule has 0 bridgehead atoms. The van der Waals surface area contributed by atoms with Crippen LogP contribution < -0.4 is 5.32 Å². The molecule has 0 saturated carbocycles. The first-order chi connectivity index (χ1) is 27.7. The lowest BCUT2D eigenvalue weighted by Crippen LogP contribution is -2.03. The molecule has 0 atom stereocenters. The monoisotopic (exact) mass is 723 g/mol. The first kappa shape index (κ1) is 37.1. The Bertz CT molecular complexity index is 2610. The predicted octanol–water partition coefficient (Wildman–Crippen LogP) is 13.3. The van der Waals surface area contributed by atoms with Crippen LogP contribution in [-0.4, -0.2) is 16.8 Å². The molecule has 0 spiro atoms. The zero-order valence-electron chi connectivity index (χ0n) is 31.7. The van der Waals surface area contributed by atoms with E-state index in [-0.39, 0.29) is 0 Å². The maximum absolute atomic E-state index is 5.08. The third-order valence-corrected chi connectivity index (χ3v) is 9.56. The SMILES string of the molecule is C=C/C=C/C=C\C=C/N=C(\C=C(/C)c1ccc(-c2ccccc2)cc1)C1=C/C=C\CN/C=C/C=C/C(c2ccc3c(c2)c2ccccc2n3-c2ccccc2)=C\1. The van der Waals surface area contributed by atoms with E-state index in [1.165, 1.54) is 32.9 Å². The highest BCUT2D eigenvalue weighted by atomic mass is 15.0. The average molecular weight is 724 g/mol. The van der Waals surface area contributed by atoms with Crippen molar-refractivity contribution in [3.8, 4) is 16.8 Å². The number of nitrogens with one attached hydrogen (secondary N) is 1. The van der Waals surface area contributed by atoms with Crippen molar-refractivity contribution in [3.05, 3.63) is 248 Å². The molecule has 1 aromatic heterocycles. The molecule has 0 unspecified atom stereocenters. The number of hydrogen-bond acceptors (Lipinski definition) is 2. The topological polar surface area (TPSA) is 29.3 Å². The van der Waals surface area contributed by atoms with Crippen LogP contribution in [0.3, 0.4) is 0 Å². The zero-order valence-corrected chi connectivity index (χ0v) is 31.7. The standard InChI is InChI=1S/C53H45N3/c1-3-4-5-6-7-18-37-55-51(38-41(2)42-29-31-44(32-30-42)43-21-10-8-11-22-43)47-24-17-20-36-54-35-19-16-23-45(39-47)46-33-34-53-50(40-46)49-27-14-15-28-52(49)56(53)48-25-12-9-13-26-48/h3-35,37-40,54H,1,36H2,2H3/b5-4+,7-6-,20-17-,23-16+,35-19+,37-18-,41-38+,45-39+,47-24+,55-51+. The van der Waals surface area contributed by atoms with E-state index in [0.717, 1.165) is 39.2 Å². The van der Waals surface area contributed by atoms with Gasteiger partial charge in [-0.05, 0) is 101 Å². The molecule has 272 valence electrons. The summed E-state index contributed by atoms with van der Waals surface area (Å²) < 4.78 is 2.35. The van der Waals surface area contributed by atoms with Gasteiger partial charge in [-0.15, -0.1) is 0 Å². The Kier molecular flexibility index (Phi) is 12.4. The number of fused-ring (bicyclic) bond motifs is 3. The largest absolute Gasteiger partial charge is 0.387 e. The van der Waals surface area contributed by atoms with Crippen LogP contribution in [0.4, 0.5) is 0 Å². The van der Waals surface area contributed by atoms with Crippen LogP contribution in [0, 0.1) is 0 Å². The predicted molar refractivity (Wildman–Crippen MR) is 243 cm³/mol. The Morgan fingerprint density at radius 1 is 0.679 bits per heavy atom. The number of rotatable bonds is 10. The summed E-state index contributed by atoms with van der Waals surface area (Å²) in [6, 6.07) is 45.3. The average Bonchev–Trinajstić information content (AvgIpc) is 3.57. The Hall–Kier alpha value is -7.23. The minimum absolute atomic E-state index is 0.713. The smallest absolute Gasteiger partial charge is 0.0704 e. The van der Waals surface area contributed by atoms with Gasteiger partial charge in [0.2, 0.25) is 0 Å². The molecule has 0 saturated heterocycles. The number of allylic oxidation sites excluding steroid dienone is 16. The molecular formula is C53H45N3. The van der Waals surface area contributed by atoms with Gasteiger partial charge < -0.3 is 9.88 Å². The maximum atomic E-state index is 5.08. The number of aromatic nitrogens is 1. The fourth-order valence-electron chi connectivity index (χ4n) is 6.75. The summed E-state index contributed by atoms with van der Waals surface area (Å²) in [5.74, 6) is 0. The lowest BCUT2D eigenvalue weighted by atomic mass is 9.96. The molecule has 3 nitrogen and oxygen atoms in total. The summed E-state index contributed by atoms with van der Waals surface area (Å²) in [6.07, 6.45) is 32.4. The highest BCUT2D eigenvalue weighted by Gasteiger charge is 2.14. The summed E-state index contributed by atoms with van der Waals surface area (Å²) in [5.41, 5.74) is 12.1. The van der Waals surface area contributed by atoms with Gasteiger partial charge in [0.05, 0.1) is 16.7 Å². The first-order valence-corrected chi connectivity index (χ1v) is 19.0. The van der Waals surface area contributed by atoms with Gasteiger partial charge in [-0.1, -0.05) is 164 Å². The Morgan fingerprint density at radius 3 is 2.20 bits per heavy atom. The molecule has 0 radical (unpaired) electrons. The third-order valence-electron chi connectivity index (χ3n) is 9.56. The van der Waals surface area contributed by atoms with E-state index in [1.54, 1.807) is 6.08 Å². The first-order valence-electron chi connectivity index (χ1n) is 19.0. The van der Waals surface area contributed by atoms with E-state index in [9.17, 15) is 0 Å². The second-order valence-electron chi connectivity index (χ2n) is 13.3.